The molecule has 0 unspecified atom stereocenters. The molecule has 0 bridgehead atoms. The Morgan fingerprint density at radius 1 is 1.46 bits per heavy atom. The third kappa shape index (κ3) is 5.54. The van der Waals surface area contributed by atoms with E-state index in [1.807, 2.05) is 17.9 Å². The minimum atomic E-state index is 0.279. The molecule has 1 aliphatic rings. The molecule has 7 heteroatoms. The predicted octanol–water partition coefficient (Wildman–Crippen LogP) is 1.87. The molecule has 0 spiro atoms. The van der Waals surface area contributed by atoms with Gasteiger partial charge in [-0.2, -0.15) is 0 Å². The van der Waals surface area contributed by atoms with Crippen LogP contribution in [-0.2, 0) is 11.3 Å². The topological polar surface area (TPSA) is 82.8 Å². The van der Waals surface area contributed by atoms with Crippen molar-refractivity contribution in [1.29, 1.82) is 0 Å². The van der Waals surface area contributed by atoms with Crippen molar-refractivity contribution in [2.45, 2.75) is 52.5 Å². The first-order valence-corrected chi connectivity index (χ1v) is 8.85. The van der Waals surface area contributed by atoms with Crippen molar-refractivity contribution in [2.24, 2.45) is 4.99 Å². The van der Waals surface area contributed by atoms with Crippen LogP contribution >= 0.6 is 0 Å². The van der Waals surface area contributed by atoms with Gasteiger partial charge in [-0.25, -0.2) is 4.99 Å². The van der Waals surface area contributed by atoms with E-state index in [2.05, 4.69) is 34.6 Å². The second-order valence-electron chi connectivity index (χ2n) is 6.33. The van der Waals surface area contributed by atoms with Crippen LogP contribution in [0, 0.1) is 0 Å². The number of rotatable bonds is 8. The molecule has 134 valence electrons. The summed E-state index contributed by atoms with van der Waals surface area (Å²) < 4.78 is 5.30. The molecule has 0 atom stereocenters. The van der Waals surface area contributed by atoms with Gasteiger partial charge in [0.15, 0.2) is 11.7 Å². The van der Waals surface area contributed by atoms with E-state index in [4.69, 9.17) is 4.52 Å². The first-order chi connectivity index (χ1) is 11.6. The summed E-state index contributed by atoms with van der Waals surface area (Å²) >= 11 is 0. The van der Waals surface area contributed by atoms with Gasteiger partial charge < -0.3 is 20.1 Å². The van der Waals surface area contributed by atoms with Crippen molar-refractivity contribution < 1.29 is 9.32 Å². The van der Waals surface area contributed by atoms with E-state index in [0.717, 1.165) is 56.4 Å². The van der Waals surface area contributed by atoms with Crippen LogP contribution in [-0.4, -0.2) is 48.1 Å². The zero-order chi connectivity index (χ0) is 17.4. The summed E-state index contributed by atoms with van der Waals surface area (Å²) in [6.45, 7) is 9.95. The fourth-order valence-corrected chi connectivity index (χ4v) is 2.59. The van der Waals surface area contributed by atoms with E-state index in [-0.39, 0.29) is 5.91 Å². The third-order valence-electron chi connectivity index (χ3n) is 3.97. The van der Waals surface area contributed by atoms with Gasteiger partial charge in [-0.1, -0.05) is 19.0 Å². The summed E-state index contributed by atoms with van der Waals surface area (Å²) in [5.41, 5.74) is 0.952. The highest BCUT2D eigenvalue weighted by Crippen LogP contribution is 2.14. The van der Waals surface area contributed by atoms with Gasteiger partial charge in [0.25, 0.3) is 0 Å². The number of nitrogens with one attached hydrogen (secondary N) is 2. The number of nitrogens with zero attached hydrogens (tertiary/aromatic N) is 3. The molecule has 0 aromatic carbocycles. The van der Waals surface area contributed by atoms with E-state index in [1.165, 1.54) is 0 Å². The van der Waals surface area contributed by atoms with Gasteiger partial charge in [0, 0.05) is 38.7 Å². The fourth-order valence-electron chi connectivity index (χ4n) is 2.59. The smallest absolute Gasteiger partial charge is 0.222 e. The monoisotopic (exact) mass is 335 g/mol. The Hall–Kier alpha value is -2.05. The van der Waals surface area contributed by atoms with E-state index in [1.54, 1.807) is 0 Å². The Morgan fingerprint density at radius 3 is 2.92 bits per heavy atom. The molecule has 0 radical (unpaired) electrons. The molecular formula is C17H29N5O2. The van der Waals surface area contributed by atoms with Gasteiger partial charge in [0.1, 0.15) is 6.54 Å². The lowest BCUT2D eigenvalue weighted by molar-refractivity contribution is -0.127. The SMILES string of the molecule is CCNC(=NCc1cc(C(C)C)no1)NCCCN1CCCC1=O. The van der Waals surface area contributed by atoms with Crippen LogP contribution < -0.4 is 10.6 Å². The van der Waals surface area contributed by atoms with Gasteiger partial charge in [0.05, 0.1) is 5.69 Å². The summed E-state index contributed by atoms with van der Waals surface area (Å²) in [7, 11) is 0. The molecule has 1 aromatic heterocycles. The normalized spacial score (nSPS) is 15.4. The van der Waals surface area contributed by atoms with Crippen LogP contribution in [0.25, 0.3) is 0 Å². The number of amides is 1. The Bertz CT molecular complexity index is 553. The average Bonchev–Trinajstić information content (AvgIpc) is 3.18. The highest BCUT2D eigenvalue weighted by Gasteiger charge is 2.18. The Labute approximate surface area is 143 Å². The number of aromatic nitrogens is 1. The number of carbonyl (C=O) groups excluding carboxylic acids is 1. The Kier molecular flexibility index (Phi) is 7.08. The molecule has 2 heterocycles. The quantitative estimate of drug-likeness (QED) is 0.430. The molecule has 7 nitrogen and oxygen atoms in total. The van der Waals surface area contributed by atoms with Crippen LogP contribution in [0.3, 0.4) is 0 Å². The molecule has 1 aromatic rings. The van der Waals surface area contributed by atoms with Gasteiger partial charge in [-0.05, 0) is 25.7 Å². The number of carbonyl (C=O) groups is 1. The minimum Gasteiger partial charge on any atom is -0.359 e. The van der Waals surface area contributed by atoms with Crippen LogP contribution in [0.4, 0.5) is 0 Å². The fraction of sp³-hybridized carbons (Fsp3) is 0.706. The molecule has 2 rings (SSSR count). The summed E-state index contributed by atoms with van der Waals surface area (Å²) in [5.74, 6) is 2.15. The van der Waals surface area contributed by atoms with Crippen molar-refractivity contribution in [3.05, 3.63) is 17.5 Å². The molecule has 1 fully saturated rings. The summed E-state index contributed by atoms with van der Waals surface area (Å²) in [6.07, 6.45) is 2.61. The van der Waals surface area contributed by atoms with E-state index < -0.39 is 0 Å². The molecule has 0 aliphatic carbocycles. The number of aliphatic imine (C=N–C) groups is 1. The highest BCUT2D eigenvalue weighted by atomic mass is 16.5. The number of hydrogen-bond donors (Lipinski definition) is 2. The summed E-state index contributed by atoms with van der Waals surface area (Å²) in [4.78, 5) is 18.0. The zero-order valence-electron chi connectivity index (χ0n) is 15.0. The van der Waals surface area contributed by atoms with Crippen molar-refractivity contribution in [2.75, 3.05) is 26.2 Å². The molecule has 0 saturated carbocycles. The van der Waals surface area contributed by atoms with Crippen LogP contribution in [0.1, 0.15) is 57.4 Å². The van der Waals surface area contributed by atoms with Crippen molar-refractivity contribution in [1.82, 2.24) is 20.7 Å². The van der Waals surface area contributed by atoms with Gasteiger partial charge in [0.2, 0.25) is 5.91 Å². The van der Waals surface area contributed by atoms with Crippen LogP contribution in [0.2, 0.25) is 0 Å². The lowest BCUT2D eigenvalue weighted by Gasteiger charge is -2.16. The summed E-state index contributed by atoms with van der Waals surface area (Å²) in [5, 5.41) is 10.6. The number of likely N-dealkylation sites (tertiary alicyclic amines) is 1. The molecule has 2 N–H and O–H groups in total. The van der Waals surface area contributed by atoms with Crippen LogP contribution in [0.15, 0.2) is 15.6 Å². The Morgan fingerprint density at radius 2 is 2.29 bits per heavy atom. The lowest BCUT2D eigenvalue weighted by Crippen LogP contribution is -2.39. The highest BCUT2D eigenvalue weighted by molar-refractivity contribution is 5.79. The Balaban J connectivity index is 1.76. The first-order valence-electron chi connectivity index (χ1n) is 8.85. The van der Waals surface area contributed by atoms with E-state index in [0.29, 0.717) is 18.9 Å². The van der Waals surface area contributed by atoms with Gasteiger partial charge >= 0.3 is 0 Å². The predicted molar refractivity (Wildman–Crippen MR) is 93.8 cm³/mol. The largest absolute Gasteiger partial charge is 0.359 e. The molecular weight excluding hydrogens is 306 g/mol. The maximum absolute atomic E-state index is 11.6. The van der Waals surface area contributed by atoms with Crippen molar-refractivity contribution >= 4 is 11.9 Å². The number of hydrogen-bond acceptors (Lipinski definition) is 4. The van der Waals surface area contributed by atoms with Gasteiger partial charge in [-0.3, -0.25) is 4.79 Å². The van der Waals surface area contributed by atoms with Crippen LogP contribution in [0.5, 0.6) is 0 Å². The number of guanidine groups is 1. The minimum absolute atomic E-state index is 0.279. The van der Waals surface area contributed by atoms with Crippen molar-refractivity contribution in [3.8, 4) is 0 Å². The second kappa shape index (κ2) is 9.30. The second-order valence-corrected chi connectivity index (χ2v) is 6.33. The molecule has 1 amide bonds. The molecule has 24 heavy (non-hydrogen) atoms. The molecule has 1 aliphatic heterocycles. The first kappa shape index (κ1) is 18.3. The third-order valence-corrected chi connectivity index (χ3v) is 3.97. The zero-order valence-corrected chi connectivity index (χ0v) is 15.0. The average molecular weight is 335 g/mol. The molecule has 1 saturated heterocycles. The van der Waals surface area contributed by atoms with Crippen molar-refractivity contribution in [3.63, 3.8) is 0 Å². The van der Waals surface area contributed by atoms with Gasteiger partial charge in [-0.15, -0.1) is 0 Å². The standard InChI is InChI=1S/C17H29N5O2/c1-4-18-17(19-8-6-10-22-9-5-7-16(22)23)20-12-14-11-15(13(2)3)21-24-14/h11,13H,4-10,12H2,1-3H3,(H2,18,19,20). The maximum Gasteiger partial charge on any atom is 0.222 e. The van der Waals surface area contributed by atoms with E-state index >= 15 is 0 Å². The lowest BCUT2D eigenvalue weighted by atomic mass is 10.1. The maximum atomic E-state index is 11.6. The van der Waals surface area contributed by atoms with E-state index in [9.17, 15) is 4.79 Å². The summed E-state index contributed by atoms with van der Waals surface area (Å²) in [6, 6.07) is 1.96.